The third-order valence-corrected chi connectivity index (χ3v) is 2.37. The SMILES string of the molecule is CC(C)c1cc(CCl)cnc1OCC(F)F. The summed E-state index contributed by atoms with van der Waals surface area (Å²) in [5.41, 5.74) is 1.66. The summed E-state index contributed by atoms with van der Waals surface area (Å²) < 4.78 is 29.0. The molecule has 0 spiro atoms. The highest BCUT2D eigenvalue weighted by Crippen LogP contribution is 2.25. The van der Waals surface area contributed by atoms with Crippen LogP contribution in [-0.4, -0.2) is 18.0 Å². The fraction of sp³-hybridized carbons (Fsp3) is 0.545. The van der Waals surface area contributed by atoms with Gasteiger partial charge in [0.2, 0.25) is 5.88 Å². The molecule has 0 bridgehead atoms. The number of aromatic nitrogens is 1. The molecule has 0 aromatic carbocycles. The fourth-order valence-corrected chi connectivity index (χ4v) is 1.41. The molecular formula is C11H14ClF2NO. The normalized spacial score (nSPS) is 11.2. The first kappa shape index (κ1) is 13.2. The summed E-state index contributed by atoms with van der Waals surface area (Å²) in [6, 6.07) is 1.84. The maximum Gasteiger partial charge on any atom is 0.272 e. The van der Waals surface area contributed by atoms with Crippen LogP contribution in [-0.2, 0) is 5.88 Å². The highest BCUT2D eigenvalue weighted by molar-refractivity contribution is 6.17. The van der Waals surface area contributed by atoms with Crippen molar-refractivity contribution in [1.82, 2.24) is 4.98 Å². The Labute approximate surface area is 98.6 Å². The van der Waals surface area contributed by atoms with Crippen molar-refractivity contribution in [2.24, 2.45) is 0 Å². The van der Waals surface area contributed by atoms with E-state index in [4.69, 9.17) is 16.3 Å². The van der Waals surface area contributed by atoms with E-state index in [9.17, 15) is 8.78 Å². The van der Waals surface area contributed by atoms with Crippen LogP contribution in [0.15, 0.2) is 12.3 Å². The van der Waals surface area contributed by atoms with Crippen LogP contribution in [0.1, 0.15) is 30.9 Å². The van der Waals surface area contributed by atoms with Gasteiger partial charge in [0.25, 0.3) is 6.43 Å². The Morgan fingerprint density at radius 1 is 1.44 bits per heavy atom. The largest absolute Gasteiger partial charge is 0.471 e. The predicted molar refractivity (Wildman–Crippen MR) is 59.4 cm³/mol. The molecule has 0 aliphatic carbocycles. The Morgan fingerprint density at radius 2 is 2.12 bits per heavy atom. The molecule has 1 heterocycles. The first-order valence-electron chi connectivity index (χ1n) is 5.00. The minimum atomic E-state index is -2.49. The second-order valence-electron chi connectivity index (χ2n) is 3.73. The van der Waals surface area contributed by atoms with Crippen LogP contribution in [0.4, 0.5) is 8.78 Å². The van der Waals surface area contributed by atoms with E-state index in [0.717, 1.165) is 11.1 Å². The topological polar surface area (TPSA) is 22.1 Å². The Balaban J connectivity index is 2.89. The molecule has 0 atom stereocenters. The van der Waals surface area contributed by atoms with Crippen molar-refractivity contribution >= 4 is 11.6 Å². The van der Waals surface area contributed by atoms with Gasteiger partial charge < -0.3 is 4.74 Å². The smallest absolute Gasteiger partial charge is 0.272 e. The van der Waals surface area contributed by atoms with Crippen molar-refractivity contribution in [3.05, 3.63) is 23.4 Å². The van der Waals surface area contributed by atoms with E-state index in [2.05, 4.69) is 4.98 Å². The van der Waals surface area contributed by atoms with Crippen molar-refractivity contribution < 1.29 is 13.5 Å². The molecule has 0 saturated carbocycles. The van der Waals surface area contributed by atoms with Gasteiger partial charge in [-0.15, -0.1) is 11.6 Å². The fourth-order valence-electron chi connectivity index (χ4n) is 1.26. The number of alkyl halides is 3. The lowest BCUT2D eigenvalue weighted by molar-refractivity contribution is 0.0789. The molecular weight excluding hydrogens is 236 g/mol. The molecule has 0 unspecified atom stereocenters. The molecule has 0 amide bonds. The zero-order chi connectivity index (χ0) is 12.1. The lowest BCUT2D eigenvalue weighted by Gasteiger charge is -2.13. The maximum absolute atomic E-state index is 12.0. The number of halogens is 3. The van der Waals surface area contributed by atoms with E-state index in [1.165, 1.54) is 0 Å². The lowest BCUT2D eigenvalue weighted by atomic mass is 10.0. The number of pyridine rings is 1. The van der Waals surface area contributed by atoms with Crippen molar-refractivity contribution in [2.45, 2.75) is 32.1 Å². The number of ether oxygens (including phenoxy) is 1. The maximum atomic E-state index is 12.0. The van der Waals surface area contributed by atoms with Gasteiger partial charge >= 0.3 is 0 Å². The Bertz CT molecular complexity index is 345. The van der Waals surface area contributed by atoms with Crippen LogP contribution in [0.5, 0.6) is 5.88 Å². The van der Waals surface area contributed by atoms with Crippen LogP contribution < -0.4 is 4.74 Å². The summed E-state index contributed by atoms with van der Waals surface area (Å²) >= 11 is 5.68. The molecule has 1 aromatic rings. The van der Waals surface area contributed by atoms with Crippen LogP contribution in [0, 0.1) is 0 Å². The molecule has 0 saturated heterocycles. The molecule has 1 rings (SSSR count). The van der Waals surface area contributed by atoms with Gasteiger partial charge in [0.1, 0.15) is 0 Å². The van der Waals surface area contributed by atoms with E-state index in [0.29, 0.717) is 5.88 Å². The quantitative estimate of drug-likeness (QED) is 0.744. The first-order valence-corrected chi connectivity index (χ1v) is 5.53. The van der Waals surface area contributed by atoms with E-state index < -0.39 is 13.0 Å². The Morgan fingerprint density at radius 3 is 2.62 bits per heavy atom. The van der Waals surface area contributed by atoms with Gasteiger partial charge in [-0.2, -0.15) is 0 Å². The van der Waals surface area contributed by atoms with Gasteiger partial charge in [-0.1, -0.05) is 13.8 Å². The Kier molecular flexibility index (Phi) is 4.93. The highest BCUT2D eigenvalue weighted by atomic mass is 35.5. The Hall–Kier alpha value is -0.900. The van der Waals surface area contributed by atoms with Gasteiger partial charge in [0, 0.05) is 17.6 Å². The molecule has 16 heavy (non-hydrogen) atoms. The molecule has 5 heteroatoms. The molecule has 0 radical (unpaired) electrons. The summed E-state index contributed by atoms with van der Waals surface area (Å²) in [5, 5.41) is 0. The minimum absolute atomic E-state index is 0.156. The zero-order valence-corrected chi connectivity index (χ0v) is 9.97. The van der Waals surface area contributed by atoms with E-state index in [1.54, 1.807) is 6.20 Å². The summed E-state index contributed by atoms with van der Waals surface area (Å²) in [5.74, 6) is 0.773. The monoisotopic (exact) mass is 249 g/mol. The molecule has 2 nitrogen and oxygen atoms in total. The second-order valence-corrected chi connectivity index (χ2v) is 4.00. The molecule has 0 aliphatic heterocycles. The second kappa shape index (κ2) is 5.99. The summed E-state index contributed by atoms with van der Waals surface area (Å²) in [4.78, 5) is 4.00. The highest BCUT2D eigenvalue weighted by Gasteiger charge is 2.12. The van der Waals surface area contributed by atoms with Gasteiger partial charge in [0.05, 0.1) is 0 Å². The van der Waals surface area contributed by atoms with Crippen molar-refractivity contribution in [3.63, 3.8) is 0 Å². The van der Waals surface area contributed by atoms with E-state index in [-0.39, 0.29) is 11.8 Å². The van der Waals surface area contributed by atoms with E-state index in [1.807, 2.05) is 19.9 Å². The van der Waals surface area contributed by atoms with Crippen LogP contribution in [0.2, 0.25) is 0 Å². The summed E-state index contributed by atoms with van der Waals surface area (Å²) in [7, 11) is 0. The standard InChI is InChI=1S/C11H14ClF2NO/c1-7(2)9-3-8(4-12)5-15-11(9)16-6-10(13)14/h3,5,7,10H,4,6H2,1-2H3. The molecule has 0 fully saturated rings. The van der Waals surface area contributed by atoms with E-state index >= 15 is 0 Å². The van der Waals surface area contributed by atoms with Crippen molar-refractivity contribution in [3.8, 4) is 5.88 Å². The van der Waals surface area contributed by atoms with Crippen molar-refractivity contribution in [1.29, 1.82) is 0 Å². The van der Waals surface area contributed by atoms with Crippen LogP contribution in [0.25, 0.3) is 0 Å². The number of rotatable bonds is 5. The number of hydrogen-bond acceptors (Lipinski definition) is 2. The van der Waals surface area contributed by atoms with Crippen LogP contribution in [0.3, 0.4) is 0 Å². The third-order valence-electron chi connectivity index (χ3n) is 2.06. The van der Waals surface area contributed by atoms with Gasteiger partial charge in [-0.3, -0.25) is 0 Å². The molecule has 90 valence electrons. The van der Waals surface area contributed by atoms with Gasteiger partial charge in [-0.25, -0.2) is 13.8 Å². The predicted octanol–water partition coefficient (Wildman–Crippen LogP) is 3.59. The number of nitrogens with zero attached hydrogens (tertiary/aromatic N) is 1. The molecule has 1 aromatic heterocycles. The molecule has 0 N–H and O–H groups in total. The third kappa shape index (κ3) is 3.59. The lowest BCUT2D eigenvalue weighted by Crippen LogP contribution is -2.10. The van der Waals surface area contributed by atoms with Crippen LogP contribution >= 0.6 is 11.6 Å². The number of hydrogen-bond donors (Lipinski definition) is 0. The average molecular weight is 250 g/mol. The zero-order valence-electron chi connectivity index (χ0n) is 9.21. The minimum Gasteiger partial charge on any atom is -0.471 e. The average Bonchev–Trinajstić information content (AvgIpc) is 2.25. The molecule has 0 aliphatic rings. The summed E-state index contributed by atoms with van der Waals surface area (Å²) in [6.45, 7) is 3.27. The van der Waals surface area contributed by atoms with Gasteiger partial charge in [0.15, 0.2) is 6.61 Å². The van der Waals surface area contributed by atoms with Gasteiger partial charge in [-0.05, 0) is 17.5 Å². The first-order chi connectivity index (χ1) is 7.54. The summed E-state index contributed by atoms with van der Waals surface area (Å²) in [6.07, 6.45) is -0.950. The van der Waals surface area contributed by atoms with Crippen molar-refractivity contribution in [2.75, 3.05) is 6.61 Å².